The van der Waals surface area contributed by atoms with Gasteiger partial charge in [-0.05, 0) is 48.7 Å². The second-order valence-corrected chi connectivity index (χ2v) is 7.47. The standard InChI is InChI=1S/C23H18F3NO4/c1-12-8-19-21(23(30)27(12)7-6-13-2-4-15(28)5-3-13)16(11-20(29)31-19)14-9-17(24)22(26)18(25)10-14/h2-5,8-10,16,28H,6-7,11H2,1H3/t16-/m1/s1. The number of fused-ring (bicyclic) bond motifs is 1. The van der Waals surface area contributed by atoms with Gasteiger partial charge in [-0.2, -0.15) is 0 Å². The fourth-order valence-electron chi connectivity index (χ4n) is 3.84. The van der Waals surface area contributed by atoms with Crippen molar-refractivity contribution in [1.29, 1.82) is 0 Å². The number of aryl methyl sites for hydroxylation is 2. The minimum absolute atomic E-state index is 0.0136. The number of aromatic nitrogens is 1. The van der Waals surface area contributed by atoms with Crippen molar-refractivity contribution in [3.63, 3.8) is 0 Å². The number of hydrogen-bond donors (Lipinski definition) is 1. The highest BCUT2D eigenvalue weighted by Gasteiger charge is 2.33. The molecule has 0 unspecified atom stereocenters. The summed E-state index contributed by atoms with van der Waals surface area (Å²) in [6.45, 7) is 1.99. The first-order valence-electron chi connectivity index (χ1n) is 9.62. The third-order valence-electron chi connectivity index (χ3n) is 5.42. The first-order chi connectivity index (χ1) is 14.7. The van der Waals surface area contributed by atoms with E-state index in [9.17, 15) is 27.9 Å². The molecule has 8 heteroatoms. The Balaban J connectivity index is 1.77. The van der Waals surface area contributed by atoms with E-state index >= 15 is 0 Å². The van der Waals surface area contributed by atoms with Gasteiger partial charge in [0.05, 0.1) is 12.0 Å². The van der Waals surface area contributed by atoms with Crippen LogP contribution in [0, 0.1) is 24.4 Å². The lowest BCUT2D eigenvalue weighted by molar-refractivity contribution is -0.135. The van der Waals surface area contributed by atoms with Gasteiger partial charge in [0.1, 0.15) is 11.5 Å². The molecule has 0 fully saturated rings. The number of carbonyl (C=O) groups is 1. The van der Waals surface area contributed by atoms with Gasteiger partial charge < -0.3 is 14.4 Å². The number of pyridine rings is 1. The first-order valence-corrected chi connectivity index (χ1v) is 9.62. The molecular weight excluding hydrogens is 411 g/mol. The number of phenols is 1. The van der Waals surface area contributed by atoms with Crippen LogP contribution in [0.15, 0.2) is 47.3 Å². The molecule has 0 saturated carbocycles. The molecule has 0 amide bonds. The molecule has 0 aliphatic carbocycles. The zero-order valence-electron chi connectivity index (χ0n) is 16.5. The molecule has 0 radical (unpaired) electrons. The summed E-state index contributed by atoms with van der Waals surface area (Å²) in [7, 11) is 0. The van der Waals surface area contributed by atoms with Gasteiger partial charge >= 0.3 is 5.97 Å². The van der Waals surface area contributed by atoms with Crippen molar-refractivity contribution in [2.24, 2.45) is 0 Å². The number of rotatable bonds is 4. The molecule has 1 N–H and O–H groups in total. The number of phenolic OH excluding ortho intramolecular Hbond substituents is 1. The maximum atomic E-state index is 13.8. The topological polar surface area (TPSA) is 68.5 Å². The largest absolute Gasteiger partial charge is 0.508 e. The van der Waals surface area contributed by atoms with Gasteiger partial charge in [-0.25, -0.2) is 13.2 Å². The molecule has 0 spiro atoms. The lowest BCUT2D eigenvalue weighted by atomic mass is 9.86. The Bertz CT molecular complexity index is 1210. The van der Waals surface area contributed by atoms with Crippen LogP contribution in [0.4, 0.5) is 13.2 Å². The molecular formula is C23H18F3NO4. The van der Waals surface area contributed by atoms with Gasteiger partial charge in [-0.1, -0.05) is 12.1 Å². The fourth-order valence-corrected chi connectivity index (χ4v) is 3.84. The summed E-state index contributed by atoms with van der Waals surface area (Å²) < 4.78 is 47.8. The SMILES string of the molecule is Cc1cc2c(c(=O)n1CCc1ccc(O)cc1)[C@@H](c1cc(F)c(F)c(F)c1)CC(=O)O2. The molecule has 0 saturated heterocycles. The summed E-state index contributed by atoms with van der Waals surface area (Å²) in [5.74, 6) is -5.84. The molecule has 1 aromatic heterocycles. The van der Waals surface area contributed by atoms with Crippen molar-refractivity contribution in [3.05, 3.63) is 92.7 Å². The molecule has 1 aliphatic rings. The number of esters is 1. The number of benzene rings is 2. The van der Waals surface area contributed by atoms with E-state index in [1.807, 2.05) is 0 Å². The smallest absolute Gasteiger partial charge is 0.312 e. The summed E-state index contributed by atoms with van der Waals surface area (Å²) in [4.78, 5) is 25.4. The average Bonchev–Trinajstić information content (AvgIpc) is 2.72. The summed E-state index contributed by atoms with van der Waals surface area (Å²) in [5, 5.41) is 9.40. The van der Waals surface area contributed by atoms with Gasteiger partial charge in [0.25, 0.3) is 5.56 Å². The van der Waals surface area contributed by atoms with Crippen LogP contribution < -0.4 is 10.3 Å². The normalized spacial score (nSPS) is 15.5. The highest BCUT2D eigenvalue weighted by molar-refractivity contribution is 5.77. The van der Waals surface area contributed by atoms with E-state index in [0.717, 1.165) is 17.7 Å². The molecule has 5 nitrogen and oxygen atoms in total. The minimum atomic E-state index is -1.61. The molecule has 0 bridgehead atoms. The van der Waals surface area contributed by atoms with Crippen LogP contribution in [0.1, 0.15) is 34.7 Å². The Morgan fingerprint density at radius 2 is 1.71 bits per heavy atom. The van der Waals surface area contributed by atoms with Crippen molar-refractivity contribution in [2.45, 2.75) is 32.2 Å². The maximum absolute atomic E-state index is 13.8. The van der Waals surface area contributed by atoms with Crippen LogP contribution in [0.2, 0.25) is 0 Å². The highest BCUT2D eigenvalue weighted by Crippen LogP contribution is 2.37. The summed E-state index contributed by atoms with van der Waals surface area (Å²) in [6.07, 6.45) is 0.192. The average molecular weight is 429 g/mol. The summed E-state index contributed by atoms with van der Waals surface area (Å²) in [5.41, 5.74) is 1.08. The second kappa shape index (κ2) is 7.94. The lowest BCUT2D eigenvalue weighted by Crippen LogP contribution is -2.33. The molecule has 31 heavy (non-hydrogen) atoms. The van der Waals surface area contributed by atoms with E-state index in [4.69, 9.17) is 4.74 Å². The molecule has 3 aromatic rings. The van der Waals surface area contributed by atoms with Crippen LogP contribution in [-0.2, 0) is 17.8 Å². The van der Waals surface area contributed by atoms with Crippen LogP contribution in [-0.4, -0.2) is 15.6 Å². The fraction of sp³-hybridized carbons (Fsp3) is 0.217. The van der Waals surface area contributed by atoms with Crippen LogP contribution in [0.25, 0.3) is 0 Å². The van der Waals surface area contributed by atoms with Crippen molar-refractivity contribution in [1.82, 2.24) is 4.57 Å². The third kappa shape index (κ3) is 3.93. The second-order valence-electron chi connectivity index (χ2n) is 7.47. The number of halogens is 3. The zero-order chi connectivity index (χ0) is 22.3. The summed E-state index contributed by atoms with van der Waals surface area (Å²) >= 11 is 0. The van der Waals surface area contributed by atoms with Gasteiger partial charge in [0, 0.05) is 24.2 Å². The molecule has 1 atom stereocenters. The molecule has 1 aliphatic heterocycles. The quantitative estimate of drug-likeness (QED) is 0.504. The number of ether oxygens (including phenoxy) is 1. The lowest BCUT2D eigenvalue weighted by Gasteiger charge is -2.26. The Morgan fingerprint density at radius 3 is 2.35 bits per heavy atom. The third-order valence-corrected chi connectivity index (χ3v) is 5.42. The molecule has 2 aromatic carbocycles. The summed E-state index contributed by atoms with van der Waals surface area (Å²) in [6, 6.07) is 9.70. The molecule has 160 valence electrons. The Labute approximate surface area is 175 Å². The number of aromatic hydroxyl groups is 1. The van der Waals surface area contributed by atoms with Gasteiger partial charge in [0.15, 0.2) is 17.5 Å². The molecule has 2 heterocycles. The first kappa shape index (κ1) is 20.7. The van der Waals surface area contributed by atoms with Crippen LogP contribution in [0.5, 0.6) is 11.5 Å². The van der Waals surface area contributed by atoms with E-state index in [-0.39, 0.29) is 29.0 Å². The van der Waals surface area contributed by atoms with E-state index in [1.165, 1.54) is 10.6 Å². The van der Waals surface area contributed by atoms with Crippen molar-refractivity contribution in [2.75, 3.05) is 0 Å². The number of carbonyl (C=O) groups excluding carboxylic acids is 1. The van der Waals surface area contributed by atoms with Crippen molar-refractivity contribution < 1.29 is 27.8 Å². The van der Waals surface area contributed by atoms with Crippen LogP contribution in [0.3, 0.4) is 0 Å². The van der Waals surface area contributed by atoms with Gasteiger partial charge in [-0.3, -0.25) is 9.59 Å². The minimum Gasteiger partial charge on any atom is -0.508 e. The van der Waals surface area contributed by atoms with Crippen molar-refractivity contribution in [3.8, 4) is 11.5 Å². The monoisotopic (exact) mass is 429 g/mol. The Morgan fingerprint density at radius 1 is 1.06 bits per heavy atom. The highest BCUT2D eigenvalue weighted by atomic mass is 19.2. The maximum Gasteiger partial charge on any atom is 0.312 e. The Kier molecular flexibility index (Phi) is 5.31. The number of nitrogens with zero attached hydrogens (tertiary/aromatic N) is 1. The van der Waals surface area contributed by atoms with Gasteiger partial charge in [0.2, 0.25) is 0 Å². The van der Waals surface area contributed by atoms with Crippen LogP contribution >= 0.6 is 0 Å². The molecule has 4 rings (SSSR count). The van der Waals surface area contributed by atoms with E-state index < -0.39 is 34.9 Å². The number of hydrogen-bond acceptors (Lipinski definition) is 4. The van der Waals surface area contributed by atoms with Gasteiger partial charge in [-0.15, -0.1) is 0 Å². The Hall–Kier alpha value is -3.55. The van der Waals surface area contributed by atoms with Crippen molar-refractivity contribution >= 4 is 5.97 Å². The predicted molar refractivity (Wildman–Crippen MR) is 106 cm³/mol. The predicted octanol–water partition coefficient (Wildman–Crippen LogP) is 3.96. The zero-order valence-corrected chi connectivity index (χ0v) is 16.5. The van der Waals surface area contributed by atoms with E-state index in [0.29, 0.717) is 18.7 Å². The van der Waals surface area contributed by atoms with E-state index in [2.05, 4.69) is 0 Å². The van der Waals surface area contributed by atoms with E-state index in [1.54, 1.807) is 31.2 Å².